The Morgan fingerprint density at radius 2 is 1.18 bits per heavy atom. The summed E-state index contributed by atoms with van der Waals surface area (Å²) < 4.78 is 0. The van der Waals surface area contributed by atoms with E-state index in [1.807, 2.05) is 0 Å². The van der Waals surface area contributed by atoms with Crippen molar-refractivity contribution in [3.05, 3.63) is 14.7 Å². The van der Waals surface area contributed by atoms with Gasteiger partial charge >= 0.3 is 0 Å². The van der Waals surface area contributed by atoms with E-state index in [1.165, 1.54) is 0 Å². The molecule has 11 heavy (non-hydrogen) atoms. The summed E-state index contributed by atoms with van der Waals surface area (Å²) >= 11 is 0. The van der Waals surface area contributed by atoms with Gasteiger partial charge in [-0.3, -0.25) is 0 Å². The summed E-state index contributed by atoms with van der Waals surface area (Å²) in [4.78, 5) is 29.5. The maximum Gasteiger partial charge on any atom is 0.0902 e. The minimum atomic E-state index is -0.786. The van der Waals surface area contributed by atoms with Crippen LogP contribution in [0.5, 0.6) is 0 Å². The van der Waals surface area contributed by atoms with Crippen molar-refractivity contribution in [2.24, 2.45) is 20.9 Å². The van der Waals surface area contributed by atoms with Gasteiger partial charge in [0.1, 0.15) is 0 Å². The fourth-order valence-electron chi connectivity index (χ4n) is 0.618. The van der Waals surface area contributed by atoms with Gasteiger partial charge in [-0.25, -0.2) is 0 Å². The molecule has 0 bridgehead atoms. The van der Waals surface area contributed by atoms with E-state index in [9.17, 15) is 14.7 Å². The lowest BCUT2D eigenvalue weighted by molar-refractivity contribution is 0.361. The zero-order valence-electron chi connectivity index (χ0n) is 6.19. The summed E-state index contributed by atoms with van der Waals surface area (Å²) in [6.45, 7) is 1.25. The molecule has 0 aliphatic heterocycles. The van der Waals surface area contributed by atoms with Gasteiger partial charge in [0.05, 0.1) is 19.6 Å². The van der Waals surface area contributed by atoms with Crippen LogP contribution in [0.4, 0.5) is 0 Å². The van der Waals surface area contributed by atoms with Crippen molar-refractivity contribution >= 4 is 0 Å². The molecule has 0 saturated carbocycles. The Morgan fingerprint density at radius 1 is 0.909 bits per heavy atom. The summed E-state index contributed by atoms with van der Waals surface area (Å²) in [7, 11) is 0. The van der Waals surface area contributed by atoms with Crippen molar-refractivity contribution in [1.29, 1.82) is 0 Å². The topological polar surface area (TPSA) is 88.3 Å². The van der Waals surface area contributed by atoms with Crippen LogP contribution in [-0.2, 0) is 0 Å². The summed E-state index contributed by atoms with van der Waals surface area (Å²) in [5, 5.41) is 7.79. The Hall–Kier alpha value is -1.20. The fourth-order valence-corrected chi connectivity index (χ4v) is 0.618. The van der Waals surface area contributed by atoms with E-state index in [0.717, 1.165) is 0 Å². The van der Waals surface area contributed by atoms with E-state index >= 15 is 0 Å². The lowest BCUT2D eigenvalue weighted by Gasteiger charge is -2.17. The van der Waals surface area contributed by atoms with Crippen LogP contribution in [0.2, 0.25) is 0 Å². The minimum Gasteiger partial charge on any atom is -0.151 e. The highest BCUT2D eigenvalue weighted by Crippen LogP contribution is 2.17. The highest BCUT2D eigenvalue weighted by molar-refractivity contribution is 4.81. The second-order valence-corrected chi connectivity index (χ2v) is 2.67. The van der Waals surface area contributed by atoms with Crippen molar-refractivity contribution < 1.29 is 0 Å². The maximum absolute atomic E-state index is 9.83. The van der Waals surface area contributed by atoms with Gasteiger partial charge in [-0.05, 0) is 0 Å². The lowest BCUT2D eigenvalue weighted by Crippen LogP contribution is -2.27. The molecule has 0 aliphatic rings. The minimum absolute atomic E-state index is 0.107. The Labute approximate surface area is 63.3 Å². The predicted molar refractivity (Wildman–Crippen MR) is 40.1 cm³/mol. The third-order valence-corrected chi connectivity index (χ3v) is 1.34. The second kappa shape index (κ2) is 4.59. The average Bonchev–Trinajstić information content (AvgIpc) is 1.88. The normalized spacial score (nSPS) is 10.6. The molecule has 0 aromatic rings. The SMILES string of the molecule is CC(CN=O)(CN=O)CN=O. The van der Waals surface area contributed by atoms with Crippen molar-refractivity contribution in [3.63, 3.8) is 0 Å². The molecule has 0 atom stereocenters. The van der Waals surface area contributed by atoms with E-state index in [2.05, 4.69) is 15.5 Å². The average molecular weight is 159 g/mol. The van der Waals surface area contributed by atoms with E-state index in [0.29, 0.717) is 0 Å². The van der Waals surface area contributed by atoms with E-state index in [1.54, 1.807) is 6.92 Å². The Bertz CT molecular complexity index is 133. The first-order valence-corrected chi connectivity index (χ1v) is 3.06. The third-order valence-electron chi connectivity index (χ3n) is 1.34. The van der Waals surface area contributed by atoms with Crippen LogP contribution in [0.1, 0.15) is 6.92 Å². The molecule has 0 amide bonds. The molecule has 0 saturated heterocycles. The third kappa shape index (κ3) is 3.49. The number of rotatable bonds is 6. The molecule has 0 spiro atoms. The van der Waals surface area contributed by atoms with Crippen molar-refractivity contribution in [3.8, 4) is 0 Å². The second-order valence-electron chi connectivity index (χ2n) is 2.67. The van der Waals surface area contributed by atoms with Gasteiger partial charge in [0.2, 0.25) is 0 Å². The molecular weight excluding hydrogens is 150 g/mol. The summed E-state index contributed by atoms with van der Waals surface area (Å²) in [5.74, 6) is 0. The largest absolute Gasteiger partial charge is 0.151 e. The number of nitrogens with zero attached hydrogens (tertiary/aromatic N) is 3. The van der Waals surface area contributed by atoms with Gasteiger partial charge in [-0.15, -0.1) is 0 Å². The smallest absolute Gasteiger partial charge is 0.0902 e. The quantitative estimate of drug-likeness (QED) is 0.547. The zero-order chi connectivity index (χ0) is 8.74. The molecular formula is C5H9N3O3. The molecule has 0 aromatic carbocycles. The van der Waals surface area contributed by atoms with Gasteiger partial charge in [0.15, 0.2) is 0 Å². The first-order chi connectivity index (χ1) is 5.18. The molecule has 0 unspecified atom stereocenters. The van der Waals surface area contributed by atoms with E-state index in [4.69, 9.17) is 0 Å². The van der Waals surface area contributed by atoms with Gasteiger partial charge in [-0.1, -0.05) is 22.5 Å². The molecule has 0 fully saturated rings. The van der Waals surface area contributed by atoms with Crippen LogP contribution < -0.4 is 0 Å². The zero-order valence-corrected chi connectivity index (χ0v) is 6.19. The maximum atomic E-state index is 9.83. The Morgan fingerprint density at radius 3 is 1.36 bits per heavy atom. The Kier molecular flexibility index (Phi) is 4.09. The predicted octanol–water partition coefficient (Wildman–Crippen LogP) is 1.29. The molecule has 62 valence electrons. The molecule has 0 aromatic heterocycles. The van der Waals surface area contributed by atoms with Crippen LogP contribution >= 0.6 is 0 Å². The molecule has 0 rings (SSSR count). The number of nitroso groups, excluding NO2 is 3. The van der Waals surface area contributed by atoms with Crippen molar-refractivity contribution in [1.82, 2.24) is 0 Å². The van der Waals surface area contributed by atoms with E-state index in [-0.39, 0.29) is 19.6 Å². The van der Waals surface area contributed by atoms with E-state index < -0.39 is 5.41 Å². The molecule has 6 nitrogen and oxygen atoms in total. The summed E-state index contributed by atoms with van der Waals surface area (Å²) in [6, 6.07) is 0. The number of hydrogen-bond donors (Lipinski definition) is 0. The molecule has 6 heteroatoms. The standard InChI is InChI=1S/C5H9N3O3/c1-5(2-6-9,3-7-10)4-8-11/h2-4H2,1H3. The van der Waals surface area contributed by atoms with Crippen LogP contribution in [0, 0.1) is 20.1 Å². The fraction of sp³-hybridized carbons (Fsp3) is 1.00. The highest BCUT2D eigenvalue weighted by Gasteiger charge is 2.25. The van der Waals surface area contributed by atoms with Crippen molar-refractivity contribution in [2.45, 2.75) is 6.92 Å². The first kappa shape index (κ1) is 9.80. The van der Waals surface area contributed by atoms with Crippen LogP contribution in [-0.4, -0.2) is 19.6 Å². The van der Waals surface area contributed by atoms with Gasteiger partial charge < -0.3 is 0 Å². The van der Waals surface area contributed by atoms with Gasteiger partial charge in [0, 0.05) is 5.41 Å². The van der Waals surface area contributed by atoms with Crippen LogP contribution in [0.25, 0.3) is 0 Å². The molecule has 0 N–H and O–H groups in total. The van der Waals surface area contributed by atoms with Crippen molar-refractivity contribution in [2.75, 3.05) is 19.6 Å². The molecule has 0 radical (unpaired) electrons. The van der Waals surface area contributed by atoms with Gasteiger partial charge in [0.25, 0.3) is 0 Å². The monoisotopic (exact) mass is 159 g/mol. The molecule has 0 heterocycles. The number of hydrogen-bond acceptors (Lipinski definition) is 6. The Balaban J connectivity index is 4.09. The summed E-state index contributed by atoms with van der Waals surface area (Å²) in [6.07, 6.45) is 0. The summed E-state index contributed by atoms with van der Waals surface area (Å²) in [5.41, 5.74) is -0.786. The van der Waals surface area contributed by atoms with Crippen LogP contribution in [0.3, 0.4) is 0 Å². The lowest BCUT2D eigenvalue weighted by atomic mass is 9.91. The first-order valence-electron chi connectivity index (χ1n) is 3.06. The van der Waals surface area contributed by atoms with Crippen LogP contribution in [0.15, 0.2) is 15.5 Å². The van der Waals surface area contributed by atoms with Gasteiger partial charge in [-0.2, -0.15) is 14.7 Å². The molecule has 0 aliphatic carbocycles. The highest BCUT2D eigenvalue weighted by atomic mass is 16.3.